The first-order chi connectivity index (χ1) is 23.2. The van der Waals surface area contributed by atoms with Gasteiger partial charge in [-0.25, -0.2) is 0 Å². The fourth-order valence-corrected chi connectivity index (χ4v) is 7.47. The van der Waals surface area contributed by atoms with Crippen LogP contribution in [0, 0.1) is 0 Å². The molecule has 0 saturated heterocycles. The van der Waals surface area contributed by atoms with Gasteiger partial charge in [-0.15, -0.1) is 0 Å². The molecule has 0 nitrogen and oxygen atoms in total. The molecule has 1 aliphatic carbocycles. The quantitative estimate of drug-likeness (QED) is 0.148. The maximum Gasteiger partial charge on any atom is 0.0629 e. The Bertz CT molecular complexity index is 2670. The Morgan fingerprint density at radius 2 is 1.09 bits per heavy atom. The molecule has 0 amide bonds. The third kappa shape index (κ3) is 3.44. The molecule has 0 fully saturated rings. The van der Waals surface area contributed by atoms with E-state index in [1.165, 1.54) is 33.0 Å². The van der Waals surface area contributed by atoms with E-state index >= 15 is 0 Å². The van der Waals surface area contributed by atoms with Gasteiger partial charge >= 0.3 is 0 Å². The predicted molar refractivity (Wildman–Crippen MR) is 185 cm³/mol. The van der Waals surface area contributed by atoms with Crippen molar-refractivity contribution in [3.05, 3.63) is 157 Å². The number of hydrogen-bond donors (Lipinski definition) is 0. The summed E-state index contributed by atoms with van der Waals surface area (Å²) in [4.78, 5) is 0. The van der Waals surface area contributed by atoms with Gasteiger partial charge in [0.25, 0.3) is 0 Å². The van der Waals surface area contributed by atoms with Crippen LogP contribution in [-0.4, -0.2) is 0 Å². The van der Waals surface area contributed by atoms with Crippen LogP contribution >= 0.6 is 0 Å². The molecule has 9 rings (SSSR count). The van der Waals surface area contributed by atoms with Crippen molar-refractivity contribution in [2.24, 2.45) is 0 Å². The largest absolute Gasteiger partial charge is 0.0629 e. The van der Waals surface area contributed by atoms with Crippen molar-refractivity contribution in [2.75, 3.05) is 0 Å². The highest BCUT2D eigenvalue weighted by molar-refractivity contribution is 6.28. The Balaban J connectivity index is 1.41. The van der Waals surface area contributed by atoms with Crippen molar-refractivity contribution < 1.29 is 6.85 Å². The van der Waals surface area contributed by atoms with E-state index in [4.69, 9.17) is 6.85 Å². The van der Waals surface area contributed by atoms with Gasteiger partial charge in [-0.2, -0.15) is 0 Å². The van der Waals surface area contributed by atoms with E-state index in [1.807, 2.05) is 30.3 Å². The molecule has 202 valence electrons. The van der Waals surface area contributed by atoms with Gasteiger partial charge in [0, 0.05) is 5.41 Å². The molecule has 0 heterocycles. The van der Waals surface area contributed by atoms with Gasteiger partial charge in [-0.1, -0.05) is 141 Å². The van der Waals surface area contributed by atoms with Crippen molar-refractivity contribution in [3.63, 3.8) is 0 Å². The summed E-state index contributed by atoms with van der Waals surface area (Å²) in [6, 6.07) is 39.1. The van der Waals surface area contributed by atoms with Crippen LogP contribution in [0.15, 0.2) is 145 Å². The second kappa shape index (κ2) is 8.90. The molecule has 0 saturated carbocycles. The fourth-order valence-electron chi connectivity index (χ4n) is 7.47. The van der Waals surface area contributed by atoms with Gasteiger partial charge in [0.15, 0.2) is 0 Å². The van der Waals surface area contributed by atoms with E-state index < -0.39 is 6.04 Å². The first-order valence-corrected chi connectivity index (χ1v) is 14.8. The summed E-state index contributed by atoms with van der Waals surface area (Å²) in [6.07, 6.45) is 0. The highest BCUT2D eigenvalue weighted by Crippen LogP contribution is 2.52. The molecular weight excluding hydrogens is 516 g/mol. The summed E-state index contributed by atoms with van der Waals surface area (Å²) in [5.74, 6) is 0. The monoisotopic (exact) mass is 551 g/mol. The SMILES string of the molecule is [2H]c1c([2H])c([2H])c(-c2c3ccccc3c(-c3ccc4c(c3)C(C)(C)c3cc5ccccc5cc3-4)c3ccc4ccccc4c23)c([2H])c1[2H]. The Hall–Kier alpha value is -5.20. The van der Waals surface area contributed by atoms with Crippen molar-refractivity contribution in [1.29, 1.82) is 0 Å². The van der Waals surface area contributed by atoms with Gasteiger partial charge in [0.05, 0.1) is 6.85 Å². The van der Waals surface area contributed by atoms with E-state index in [0.717, 1.165) is 43.4 Å². The molecule has 0 spiro atoms. The van der Waals surface area contributed by atoms with E-state index in [9.17, 15) is 0 Å². The maximum absolute atomic E-state index is 9.02. The van der Waals surface area contributed by atoms with E-state index in [1.54, 1.807) is 0 Å². The Morgan fingerprint density at radius 1 is 0.465 bits per heavy atom. The highest BCUT2D eigenvalue weighted by Gasteiger charge is 2.36. The Kier molecular flexibility index (Phi) is 4.11. The molecule has 0 aromatic heterocycles. The van der Waals surface area contributed by atoms with Crippen LogP contribution in [-0.2, 0) is 5.41 Å². The van der Waals surface area contributed by atoms with E-state index in [0.29, 0.717) is 5.56 Å². The molecule has 0 unspecified atom stereocenters. The third-order valence-electron chi connectivity index (χ3n) is 9.50. The lowest BCUT2D eigenvalue weighted by molar-refractivity contribution is 0.661. The fraction of sp³-hybridized carbons (Fsp3) is 0.0698. The molecular formula is C43H30. The lowest BCUT2D eigenvalue weighted by Crippen LogP contribution is -2.15. The minimum absolute atomic E-state index is 0.197. The van der Waals surface area contributed by atoms with Gasteiger partial charge in [-0.3, -0.25) is 0 Å². The molecule has 0 aliphatic heterocycles. The smallest absolute Gasteiger partial charge is 0.0622 e. The van der Waals surface area contributed by atoms with Crippen molar-refractivity contribution >= 4 is 43.1 Å². The zero-order valence-electron chi connectivity index (χ0n) is 29.0. The standard InChI is InChI=1S/C43H30/c1-43(2)38-26-31(21-22-33(38)37-24-29-15-6-7-16-30(29)25-39(37)43)40-34-18-10-11-19-35(34)41(28-13-4-3-5-14-28)42-32-17-9-8-12-27(32)20-23-36(40)42/h3-26H,1-2H3/i3D,4D,5D,13D,14D. The number of hydrogen-bond acceptors (Lipinski definition) is 0. The molecule has 0 heteroatoms. The maximum atomic E-state index is 9.02. The minimum atomic E-state index is -0.390. The topological polar surface area (TPSA) is 0 Å². The lowest BCUT2D eigenvalue weighted by atomic mass is 9.80. The van der Waals surface area contributed by atoms with Crippen LogP contribution in [0.25, 0.3) is 76.5 Å². The summed E-state index contributed by atoms with van der Waals surface area (Å²) in [7, 11) is 0. The van der Waals surface area contributed by atoms with Crippen LogP contribution in [0.4, 0.5) is 0 Å². The Labute approximate surface area is 258 Å². The van der Waals surface area contributed by atoms with Crippen LogP contribution in [0.2, 0.25) is 0 Å². The minimum Gasteiger partial charge on any atom is -0.0622 e. The highest BCUT2D eigenvalue weighted by atomic mass is 14.4. The molecule has 0 radical (unpaired) electrons. The van der Waals surface area contributed by atoms with Crippen LogP contribution in [0.5, 0.6) is 0 Å². The molecule has 8 aromatic rings. The van der Waals surface area contributed by atoms with Crippen LogP contribution in [0.3, 0.4) is 0 Å². The van der Waals surface area contributed by atoms with Gasteiger partial charge in [0.1, 0.15) is 0 Å². The van der Waals surface area contributed by atoms with Crippen LogP contribution < -0.4 is 0 Å². The molecule has 0 N–H and O–H groups in total. The summed E-state index contributed by atoms with van der Waals surface area (Å²) in [5.41, 5.74) is 7.96. The summed E-state index contributed by atoms with van der Waals surface area (Å²) >= 11 is 0. The lowest BCUT2D eigenvalue weighted by Gasteiger charge is -2.23. The zero-order valence-corrected chi connectivity index (χ0v) is 24.0. The first-order valence-electron chi connectivity index (χ1n) is 17.3. The number of fused-ring (bicyclic) bond motifs is 8. The van der Waals surface area contributed by atoms with Crippen LogP contribution in [0.1, 0.15) is 31.8 Å². The van der Waals surface area contributed by atoms with Crippen molar-refractivity contribution in [1.82, 2.24) is 0 Å². The molecule has 0 atom stereocenters. The second-order valence-electron chi connectivity index (χ2n) is 12.1. The number of benzene rings is 8. The predicted octanol–water partition coefficient (Wildman–Crippen LogP) is 11.9. The third-order valence-corrected chi connectivity index (χ3v) is 9.50. The zero-order chi connectivity index (χ0) is 33.1. The Morgan fingerprint density at radius 3 is 1.86 bits per heavy atom. The van der Waals surface area contributed by atoms with Gasteiger partial charge < -0.3 is 0 Å². The normalized spacial score (nSPS) is 15.2. The molecule has 1 aliphatic rings. The average molecular weight is 552 g/mol. The van der Waals surface area contributed by atoms with E-state index in [-0.39, 0.29) is 35.1 Å². The number of rotatable bonds is 2. The molecule has 43 heavy (non-hydrogen) atoms. The van der Waals surface area contributed by atoms with Crippen molar-refractivity contribution in [2.45, 2.75) is 19.3 Å². The second-order valence-corrected chi connectivity index (χ2v) is 12.1. The van der Waals surface area contributed by atoms with Crippen molar-refractivity contribution in [3.8, 4) is 33.4 Å². The summed E-state index contributed by atoms with van der Waals surface area (Å²) in [6.45, 7) is 4.61. The van der Waals surface area contributed by atoms with Gasteiger partial charge in [-0.05, 0) is 106 Å². The van der Waals surface area contributed by atoms with E-state index in [2.05, 4.69) is 98.8 Å². The first kappa shape index (κ1) is 19.8. The van der Waals surface area contributed by atoms with Gasteiger partial charge in [0.2, 0.25) is 0 Å². The summed E-state index contributed by atoms with van der Waals surface area (Å²) < 4.78 is 43.4. The molecule has 0 bridgehead atoms. The molecule has 8 aromatic carbocycles. The average Bonchev–Trinajstić information content (AvgIpc) is 3.33. The summed E-state index contributed by atoms with van der Waals surface area (Å²) in [5, 5.41) is 8.16.